The highest BCUT2D eigenvalue weighted by atomic mass is 32.2. The van der Waals surface area contributed by atoms with Crippen molar-refractivity contribution in [2.24, 2.45) is 0 Å². The second kappa shape index (κ2) is 10.0. The van der Waals surface area contributed by atoms with Crippen LogP contribution in [0.5, 0.6) is 0 Å². The summed E-state index contributed by atoms with van der Waals surface area (Å²) >= 11 is 0. The van der Waals surface area contributed by atoms with E-state index >= 15 is 0 Å². The van der Waals surface area contributed by atoms with Gasteiger partial charge in [-0.2, -0.15) is 0 Å². The fourth-order valence-electron chi connectivity index (χ4n) is 2.98. The number of para-hydroxylation sites is 1. The minimum atomic E-state index is -3.35. The van der Waals surface area contributed by atoms with E-state index in [1.54, 1.807) is 48.8 Å². The lowest BCUT2D eigenvalue weighted by molar-refractivity contribution is 0.593. The Hall–Kier alpha value is -3.20. The Morgan fingerprint density at radius 2 is 1.43 bits per heavy atom. The molecule has 0 aliphatic heterocycles. The number of unbranched alkanes of at least 4 members (excludes halogenated alkanes) is 3. The van der Waals surface area contributed by atoms with Gasteiger partial charge in [0.25, 0.3) is 10.9 Å². The number of sulfonamides is 1. The molecule has 30 heavy (non-hydrogen) atoms. The Balaban J connectivity index is 1.36. The molecule has 0 aliphatic carbocycles. The van der Waals surface area contributed by atoms with Gasteiger partial charge >= 0.3 is 0 Å². The van der Waals surface area contributed by atoms with Crippen LogP contribution in [0.2, 0.25) is 0 Å². The summed E-state index contributed by atoms with van der Waals surface area (Å²) in [6, 6.07) is 12.2. The number of rotatable bonds is 12. The molecule has 0 amide bonds. The van der Waals surface area contributed by atoms with E-state index in [1.807, 2.05) is 6.07 Å². The van der Waals surface area contributed by atoms with Crippen molar-refractivity contribution in [3.05, 3.63) is 75.3 Å². The molecule has 0 bridgehead atoms. The average Bonchev–Trinajstić information content (AvgIpc) is 2.75. The zero-order valence-corrected chi connectivity index (χ0v) is 17.2. The van der Waals surface area contributed by atoms with Crippen LogP contribution in [0.25, 0.3) is 0 Å². The standard InChI is InChI=1S/C21H24N4O4S/c26-20-18(19(21(20)27)24-16-10-13-22-14-11-16)23-12-6-1-2-7-15-30(28,29)25-17-8-4-3-5-9-17/h3-5,8-11,13-14,23,25H,1-2,6-7,12,15H2,(H,22,24). The fourth-order valence-corrected chi connectivity index (χ4v) is 4.16. The third kappa shape index (κ3) is 5.90. The summed E-state index contributed by atoms with van der Waals surface area (Å²) in [5, 5.41) is 5.95. The highest BCUT2D eigenvalue weighted by molar-refractivity contribution is 7.92. The molecule has 0 radical (unpaired) electrons. The number of hydrogen-bond donors (Lipinski definition) is 3. The van der Waals surface area contributed by atoms with Gasteiger partial charge < -0.3 is 10.6 Å². The van der Waals surface area contributed by atoms with E-state index < -0.39 is 20.9 Å². The topological polar surface area (TPSA) is 117 Å². The largest absolute Gasteiger partial charge is 0.380 e. The lowest BCUT2D eigenvalue weighted by atomic mass is 10.1. The lowest BCUT2D eigenvalue weighted by Gasteiger charge is -2.14. The van der Waals surface area contributed by atoms with E-state index in [2.05, 4.69) is 20.3 Å². The molecule has 1 heterocycles. The summed E-state index contributed by atoms with van der Waals surface area (Å²) in [4.78, 5) is 27.5. The molecule has 0 spiro atoms. The van der Waals surface area contributed by atoms with Crippen molar-refractivity contribution in [1.29, 1.82) is 0 Å². The molecule has 3 aromatic rings. The molecule has 0 unspecified atom stereocenters. The minimum absolute atomic E-state index is 0.0630. The molecule has 8 nitrogen and oxygen atoms in total. The number of pyridine rings is 1. The Kier molecular flexibility index (Phi) is 7.18. The summed E-state index contributed by atoms with van der Waals surface area (Å²) in [7, 11) is -3.35. The predicted octanol–water partition coefficient (Wildman–Crippen LogP) is 2.84. The zero-order valence-electron chi connectivity index (χ0n) is 16.4. The maximum atomic E-state index is 12.1. The van der Waals surface area contributed by atoms with Crippen LogP contribution in [0.1, 0.15) is 25.7 Å². The maximum Gasteiger partial charge on any atom is 0.253 e. The van der Waals surface area contributed by atoms with Crippen molar-refractivity contribution >= 4 is 32.8 Å². The SMILES string of the molecule is O=c1c(NCCCCCCS(=O)(=O)Nc2ccccc2)c(Nc2ccncc2)c1=O. The fraction of sp³-hybridized carbons (Fsp3) is 0.286. The zero-order chi connectivity index (χ0) is 21.4. The van der Waals surface area contributed by atoms with Crippen molar-refractivity contribution < 1.29 is 8.42 Å². The van der Waals surface area contributed by atoms with Crippen molar-refractivity contribution in [3.8, 4) is 0 Å². The Bertz CT molecular complexity index is 1130. The van der Waals surface area contributed by atoms with Gasteiger partial charge in [-0.3, -0.25) is 19.3 Å². The summed E-state index contributed by atoms with van der Waals surface area (Å²) in [5.41, 5.74) is 0.752. The van der Waals surface area contributed by atoms with Crippen LogP contribution < -0.4 is 26.2 Å². The highest BCUT2D eigenvalue weighted by Gasteiger charge is 2.20. The van der Waals surface area contributed by atoms with Gasteiger partial charge in [-0.1, -0.05) is 31.0 Å². The Labute approximate surface area is 175 Å². The summed E-state index contributed by atoms with van der Waals surface area (Å²) in [6.07, 6.45) is 6.08. The van der Waals surface area contributed by atoms with E-state index in [4.69, 9.17) is 0 Å². The van der Waals surface area contributed by atoms with Crippen LogP contribution in [-0.4, -0.2) is 25.7 Å². The summed E-state index contributed by atoms with van der Waals surface area (Å²) in [6.45, 7) is 0.533. The van der Waals surface area contributed by atoms with Gasteiger partial charge in [-0.05, 0) is 37.1 Å². The molecule has 0 aliphatic rings. The van der Waals surface area contributed by atoms with E-state index in [1.165, 1.54) is 0 Å². The first-order valence-electron chi connectivity index (χ1n) is 9.76. The summed E-state index contributed by atoms with van der Waals surface area (Å²) in [5.74, 6) is 0.0630. The molecule has 3 rings (SSSR count). The molecule has 2 aromatic carbocycles. The summed E-state index contributed by atoms with van der Waals surface area (Å²) < 4.78 is 26.7. The average molecular weight is 429 g/mol. The third-order valence-corrected chi connectivity index (χ3v) is 5.92. The van der Waals surface area contributed by atoms with E-state index in [0.717, 1.165) is 19.3 Å². The van der Waals surface area contributed by atoms with Gasteiger partial charge in [0.2, 0.25) is 10.0 Å². The Morgan fingerprint density at radius 1 is 0.767 bits per heavy atom. The maximum absolute atomic E-state index is 12.1. The predicted molar refractivity (Wildman–Crippen MR) is 120 cm³/mol. The smallest absolute Gasteiger partial charge is 0.253 e. The molecule has 0 saturated heterocycles. The Morgan fingerprint density at radius 3 is 2.17 bits per heavy atom. The molecule has 9 heteroatoms. The van der Waals surface area contributed by atoms with Gasteiger partial charge in [0, 0.05) is 30.3 Å². The second-order valence-corrected chi connectivity index (χ2v) is 8.74. The van der Waals surface area contributed by atoms with E-state index in [-0.39, 0.29) is 11.4 Å². The first kappa shape index (κ1) is 21.5. The molecular formula is C21H24N4O4S. The van der Waals surface area contributed by atoms with Crippen LogP contribution in [0, 0.1) is 0 Å². The van der Waals surface area contributed by atoms with Crippen LogP contribution >= 0.6 is 0 Å². The number of benzene rings is 1. The number of hydrogen-bond acceptors (Lipinski definition) is 7. The molecule has 0 saturated carbocycles. The van der Waals surface area contributed by atoms with Crippen LogP contribution in [-0.2, 0) is 10.0 Å². The monoisotopic (exact) mass is 428 g/mol. The quantitative estimate of drug-likeness (QED) is 0.300. The molecule has 0 fully saturated rings. The van der Waals surface area contributed by atoms with Crippen molar-refractivity contribution in [3.63, 3.8) is 0 Å². The molecular weight excluding hydrogens is 404 g/mol. The third-order valence-electron chi connectivity index (χ3n) is 4.55. The van der Waals surface area contributed by atoms with Gasteiger partial charge in [0.15, 0.2) is 0 Å². The van der Waals surface area contributed by atoms with Gasteiger partial charge in [0.1, 0.15) is 11.4 Å². The van der Waals surface area contributed by atoms with Crippen LogP contribution in [0.3, 0.4) is 0 Å². The number of nitrogens with one attached hydrogen (secondary N) is 3. The van der Waals surface area contributed by atoms with E-state index in [9.17, 15) is 18.0 Å². The molecule has 3 N–H and O–H groups in total. The second-order valence-electron chi connectivity index (χ2n) is 6.90. The molecule has 1 aromatic heterocycles. The first-order chi connectivity index (χ1) is 14.5. The number of aromatic nitrogens is 1. The number of nitrogens with zero attached hydrogens (tertiary/aromatic N) is 1. The highest BCUT2D eigenvalue weighted by Crippen LogP contribution is 2.20. The van der Waals surface area contributed by atoms with Gasteiger partial charge in [-0.25, -0.2) is 8.42 Å². The van der Waals surface area contributed by atoms with Crippen LogP contribution in [0.15, 0.2) is 64.4 Å². The lowest BCUT2D eigenvalue weighted by Crippen LogP contribution is -2.36. The van der Waals surface area contributed by atoms with Crippen molar-refractivity contribution in [2.75, 3.05) is 27.7 Å². The molecule has 158 valence electrons. The molecule has 0 atom stereocenters. The minimum Gasteiger partial charge on any atom is -0.380 e. The van der Waals surface area contributed by atoms with Crippen LogP contribution in [0.4, 0.5) is 22.7 Å². The first-order valence-corrected chi connectivity index (χ1v) is 11.4. The number of anilines is 4. The van der Waals surface area contributed by atoms with E-state index in [0.29, 0.717) is 30.0 Å². The van der Waals surface area contributed by atoms with Gasteiger partial charge in [-0.15, -0.1) is 0 Å². The normalized spacial score (nSPS) is 11.3. The van der Waals surface area contributed by atoms with Crippen molar-refractivity contribution in [1.82, 2.24) is 4.98 Å². The van der Waals surface area contributed by atoms with Gasteiger partial charge in [0.05, 0.1) is 5.75 Å². The van der Waals surface area contributed by atoms with Crippen molar-refractivity contribution in [2.45, 2.75) is 25.7 Å².